The number of halogens is 1. The first-order valence-corrected chi connectivity index (χ1v) is 9.66. The highest BCUT2D eigenvalue weighted by atomic mass is 35.5. The number of carbonyl (C=O) groups excluding carboxylic acids is 2. The van der Waals surface area contributed by atoms with Crippen LogP contribution < -0.4 is 4.90 Å². The Kier molecular flexibility index (Phi) is 4.76. The molecule has 0 unspecified atom stereocenters. The second-order valence-electron chi connectivity index (χ2n) is 7.44. The zero-order chi connectivity index (χ0) is 18.3. The molecule has 1 aromatic rings. The lowest BCUT2D eigenvalue weighted by Gasteiger charge is -2.38. The van der Waals surface area contributed by atoms with E-state index in [0.29, 0.717) is 19.5 Å². The molecule has 2 saturated heterocycles. The van der Waals surface area contributed by atoms with Crippen molar-refractivity contribution in [3.8, 4) is 0 Å². The van der Waals surface area contributed by atoms with Gasteiger partial charge in [-0.1, -0.05) is 29.8 Å². The topological polar surface area (TPSA) is 43.9 Å². The smallest absolute Gasteiger partial charge is 0.234 e. The van der Waals surface area contributed by atoms with Gasteiger partial charge >= 0.3 is 0 Å². The van der Waals surface area contributed by atoms with Gasteiger partial charge in [0.1, 0.15) is 0 Å². The summed E-state index contributed by atoms with van der Waals surface area (Å²) in [4.78, 5) is 31.2. The number of rotatable bonds is 3. The summed E-state index contributed by atoms with van der Waals surface area (Å²) in [6.07, 6.45) is 5.46. The van der Waals surface area contributed by atoms with Gasteiger partial charge in [-0.25, -0.2) is 0 Å². The third kappa shape index (κ3) is 3.14. The highest BCUT2D eigenvalue weighted by molar-refractivity contribution is 6.30. The molecule has 2 amide bonds. The molecule has 0 radical (unpaired) electrons. The monoisotopic (exact) mass is 373 g/mol. The summed E-state index contributed by atoms with van der Waals surface area (Å²) in [5.41, 5.74) is 2.38. The number of fused-ring (bicyclic) bond motifs is 1. The molecule has 5 nitrogen and oxygen atoms in total. The Morgan fingerprint density at radius 1 is 1.00 bits per heavy atom. The SMILES string of the molecule is Cc1ccc(Cl)cc1N1CCN(CN2C(=O)[C@H]3CC=CC[C@@H]3C2=O)CC1. The van der Waals surface area contributed by atoms with Gasteiger partial charge in [0.2, 0.25) is 11.8 Å². The number of allylic oxidation sites excluding steroid dienone is 2. The molecule has 2 heterocycles. The predicted molar refractivity (Wildman–Crippen MR) is 102 cm³/mol. The second kappa shape index (κ2) is 7.05. The van der Waals surface area contributed by atoms with Gasteiger partial charge in [-0.2, -0.15) is 0 Å². The van der Waals surface area contributed by atoms with Gasteiger partial charge in [-0.05, 0) is 37.5 Å². The maximum Gasteiger partial charge on any atom is 0.234 e. The molecule has 0 bridgehead atoms. The normalized spacial score (nSPS) is 26.5. The summed E-state index contributed by atoms with van der Waals surface area (Å²) in [6.45, 7) is 5.91. The fourth-order valence-corrected chi connectivity index (χ4v) is 4.43. The van der Waals surface area contributed by atoms with E-state index in [4.69, 9.17) is 11.6 Å². The number of nitrogens with zero attached hydrogens (tertiary/aromatic N) is 3. The Morgan fingerprint density at radius 3 is 2.23 bits per heavy atom. The van der Waals surface area contributed by atoms with E-state index < -0.39 is 0 Å². The van der Waals surface area contributed by atoms with Gasteiger partial charge < -0.3 is 4.90 Å². The molecule has 0 saturated carbocycles. The van der Waals surface area contributed by atoms with Crippen LogP contribution in [0.15, 0.2) is 30.4 Å². The third-order valence-electron chi connectivity index (χ3n) is 5.82. The minimum atomic E-state index is -0.136. The van der Waals surface area contributed by atoms with Gasteiger partial charge in [0.05, 0.1) is 18.5 Å². The molecule has 1 aromatic carbocycles. The maximum absolute atomic E-state index is 12.6. The van der Waals surface area contributed by atoms with Crippen molar-refractivity contribution in [1.29, 1.82) is 0 Å². The van der Waals surface area contributed by atoms with Crippen molar-refractivity contribution >= 4 is 29.1 Å². The van der Waals surface area contributed by atoms with Crippen LogP contribution in [0.5, 0.6) is 0 Å². The van der Waals surface area contributed by atoms with E-state index in [9.17, 15) is 9.59 Å². The lowest BCUT2D eigenvalue weighted by atomic mass is 9.85. The molecule has 6 heteroatoms. The third-order valence-corrected chi connectivity index (χ3v) is 6.06. The van der Waals surface area contributed by atoms with Gasteiger partial charge in [0.25, 0.3) is 0 Å². The minimum absolute atomic E-state index is 0.0115. The Morgan fingerprint density at radius 2 is 1.62 bits per heavy atom. The molecule has 3 aliphatic rings. The van der Waals surface area contributed by atoms with E-state index in [2.05, 4.69) is 16.7 Å². The molecule has 138 valence electrons. The summed E-state index contributed by atoms with van der Waals surface area (Å²) < 4.78 is 0. The fraction of sp³-hybridized carbons (Fsp3) is 0.500. The Bertz CT molecular complexity index is 729. The number of aryl methyl sites for hydroxylation is 1. The Hall–Kier alpha value is -1.85. The molecule has 2 atom stereocenters. The van der Waals surface area contributed by atoms with Crippen molar-refractivity contribution < 1.29 is 9.59 Å². The standard InChI is InChI=1S/C20H24ClN3O2/c1-14-6-7-15(21)12-18(14)23-10-8-22(9-11-23)13-24-19(25)16-4-2-3-5-17(16)20(24)26/h2-3,6-7,12,16-17H,4-5,8-11,13H2,1H3/t16-,17-/m0/s1. The van der Waals surface area contributed by atoms with Crippen LogP contribution in [0.3, 0.4) is 0 Å². The first-order valence-electron chi connectivity index (χ1n) is 9.28. The molecule has 2 aliphatic heterocycles. The molecule has 1 aliphatic carbocycles. The summed E-state index contributed by atoms with van der Waals surface area (Å²) >= 11 is 6.15. The van der Waals surface area contributed by atoms with Crippen molar-refractivity contribution in [2.45, 2.75) is 19.8 Å². The number of piperazine rings is 1. The largest absolute Gasteiger partial charge is 0.369 e. The van der Waals surface area contributed by atoms with E-state index in [1.807, 2.05) is 30.4 Å². The van der Waals surface area contributed by atoms with Crippen molar-refractivity contribution in [2.75, 3.05) is 37.7 Å². The highest BCUT2D eigenvalue weighted by Gasteiger charge is 2.47. The number of likely N-dealkylation sites (tertiary alicyclic amines) is 1. The predicted octanol–water partition coefficient (Wildman–Crippen LogP) is 2.68. The fourth-order valence-electron chi connectivity index (χ4n) is 4.26. The first kappa shape index (κ1) is 17.6. The molecule has 0 N–H and O–H groups in total. The van der Waals surface area contributed by atoms with Crippen LogP contribution in [0, 0.1) is 18.8 Å². The van der Waals surface area contributed by atoms with Gasteiger partial charge in [0.15, 0.2) is 0 Å². The van der Waals surface area contributed by atoms with E-state index in [1.165, 1.54) is 16.2 Å². The summed E-state index contributed by atoms with van der Waals surface area (Å²) in [5, 5.41) is 0.748. The van der Waals surface area contributed by atoms with Gasteiger partial charge in [-0.3, -0.25) is 19.4 Å². The van der Waals surface area contributed by atoms with Gasteiger partial charge in [-0.15, -0.1) is 0 Å². The minimum Gasteiger partial charge on any atom is -0.369 e. The van der Waals surface area contributed by atoms with Crippen molar-refractivity contribution in [2.24, 2.45) is 11.8 Å². The van der Waals surface area contributed by atoms with Crippen LogP contribution in [0.4, 0.5) is 5.69 Å². The van der Waals surface area contributed by atoms with Crippen LogP contribution in [-0.2, 0) is 9.59 Å². The second-order valence-corrected chi connectivity index (χ2v) is 7.87. The van der Waals surface area contributed by atoms with Crippen LogP contribution in [0.2, 0.25) is 5.02 Å². The number of amides is 2. The van der Waals surface area contributed by atoms with Crippen molar-refractivity contribution in [1.82, 2.24) is 9.80 Å². The summed E-state index contributed by atoms with van der Waals surface area (Å²) in [5.74, 6) is -0.249. The van der Waals surface area contributed by atoms with Crippen LogP contribution in [0.25, 0.3) is 0 Å². The molecule has 0 aromatic heterocycles. The lowest BCUT2D eigenvalue weighted by Crippen LogP contribution is -2.51. The molecular weight excluding hydrogens is 350 g/mol. The number of hydrogen-bond acceptors (Lipinski definition) is 4. The van der Waals surface area contributed by atoms with Crippen LogP contribution in [0.1, 0.15) is 18.4 Å². The molecule has 0 spiro atoms. The van der Waals surface area contributed by atoms with E-state index in [0.717, 1.165) is 31.2 Å². The summed E-state index contributed by atoms with van der Waals surface area (Å²) in [6, 6.07) is 5.97. The quantitative estimate of drug-likeness (QED) is 0.603. The zero-order valence-corrected chi connectivity index (χ0v) is 15.8. The highest BCUT2D eigenvalue weighted by Crippen LogP contribution is 2.35. The zero-order valence-electron chi connectivity index (χ0n) is 15.0. The van der Waals surface area contributed by atoms with E-state index in [-0.39, 0.29) is 23.7 Å². The van der Waals surface area contributed by atoms with Crippen LogP contribution >= 0.6 is 11.6 Å². The maximum atomic E-state index is 12.6. The molecule has 26 heavy (non-hydrogen) atoms. The Balaban J connectivity index is 1.38. The van der Waals surface area contributed by atoms with E-state index in [1.54, 1.807) is 0 Å². The van der Waals surface area contributed by atoms with Crippen LogP contribution in [-0.4, -0.2) is 54.5 Å². The first-order chi connectivity index (χ1) is 12.5. The number of hydrogen-bond donors (Lipinski definition) is 0. The Labute approximate surface area is 159 Å². The summed E-state index contributed by atoms with van der Waals surface area (Å²) in [7, 11) is 0. The van der Waals surface area contributed by atoms with Crippen molar-refractivity contribution in [3.05, 3.63) is 40.9 Å². The number of benzene rings is 1. The number of imide groups is 1. The molecule has 4 rings (SSSR count). The van der Waals surface area contributed by atoms with E-state index >= 15 is 0 Å². The average molecular weight is 374 g/mol. The van der Waals surface area contributed by atoms with Crippen molar-refractivity contribution in [3.63, 3.8) is 0 Å². The number of carbonyl (C=O) groups is 2. The lowest BCUT2D eigenvalue weighted by molar-refractivity contribution is -0.142. The number of anilines is 1. The van der Waals surface area contributed by atoms with Gasteiger partial charge in [0, 0.05) is 36.9 Å². The molecule has 2 fully saturated rings. The molecular formula is C20H24ClN3O2. The average Bonchev–Trinajstić information content (AvgIpc) is 2.90.